The van der Waals surface area contributed by atoms with Gasteiger partial charge < -0.3 is 9.57 Å². The second-order valence-corrected chi connectivity index (χ2v) is 7.10. The van der Waals surface area contributed by atoms with Crippen LogP contribution < -0.4 is 9.57 Å². The van der Waals surface area contributed by atoms with Crippen LogP contribution in [0.5, 0.6) is 5.75 Å². The number of imidazole rings is 1. The minimum Gasteiger partial charge on any atom is -0.496 e. The van der Waals surface area contributed by atoms with Crippen LogP contribution in [0.25, 0.3) is 11.0 Å². The van der Waals surface area contributed by atoms with Gasteiger partial charge in [-0.3, -0.25) is 4.98 Å². The number of hydrogen-bond acceptors (Lipinski definition) is 5. The highest BCUT2D eigenvalue weighted by atomic mass is 32.2. The molecule has 124 valence electrons. The van der Waals surface area contributed by atoms with E-state index in [2.05, 4.69) is 9.97 Å². The van der Waals surface area contributed by atoms with E-state index in [4.69, 9.17) is 9.57 Å². The van der Waals surface area contributed by atoms with Crippen LogP contribution in [0.3, 0.4) is 0 Å². The molecule has 1 aliphatic heterocycles. The third-order valence-electron chi connectivity index (χ3n) is 4.43. The summed E-state index contributed by atoms with van der Waals surface area (Å²) in [6.45, 7) is 3.97. The molecule has 1 atom stereocenters. The predicted molar refractivity (Wildman–Crippen MR) is 90.0 cm³/mol. The summed E-state index contributed by atoms with van der Waals surface area (Å²) in [5, 5.41) is 0.450. The minimum atomic E-state index is -1.31. The number of ether oxygens (including phenoxy) is 1. The van der Waals surface area contributed by atoms with Crippen LogP contribution in [-0.4, -0.2) is 33.1 Å². The van der Waals surface area contributed by atoms with Crippen molar-refractivity contribution in [3.8, 4) is 5.75 Å². The van der Waals surface area contributed by atoms with Crippen molar-refractivity contribution in [2.75, 3.05) is 14.2 Å². The summed E-state index contributed by atoms with van der Waals surface area (Å²) in [7, 11) is 1.91. The molecule has 2 aromatic heterocycles. The van der Waals surface area contributed by atoms with E-state index in [-0.39, 0.29) is 0 Å². The Morgan fingerprint density at radius 3 is 2.75 bits per heavy atom. The molecule has 1 unspecified atom stereocenters. The number of rotatable bonds is 4. The molecule has 0 spiro atoms. The first kappa shape index (κ1) is 15.1. The summed E-state index contributed by atoms with van der Waals surface area (Å²) >= 11 is 0. The van der Waals surface area contributed by atoms with Crippen molar-refractivity contribution in [2.24, 2.45) is 0 Å². The second kappa shape index (κ2) is 5.31. The van der Waals surface area contributed by atoms with E-state index in [0.29, 0.717) is 11.6 Å². The average molecular weight is 343 g/mol. The zero-order chi connectivity index (χ0) is 17.0. The molecule has 1 aromatic carbocycles. The Morgan fingerprint density at radius 1 is 1.25 bits per heavy atom. The van der Waals surface area contributed by atoms with Crippen LogP contribution in [-0.2, 0) is 17.2 Å². The highest BCUT2D eigenvalue weighted by molar-refractivity contribution is 7.85. The molecule has 1 aliphatic rings. The highest BCUT2D eigenvalue weighted by Crippen LogP contribution is 2.37. The first-order chi connectivity index (χ1) is 11.6. The van der Waals surface area contributed by atoms with Crippen LogP contribution in [0.4, 0.5) is 0 Å². The van der Waals surface area contributed by atoms with Crippen molar-refractivity contribution in [2.45, 2.75) is 30.3 Å². The topological polar surface area (TPSA) is 66.2 Å². The maximum absolute atomic E-state index is 12.7. The number of hydrogen-bond donors (Lipinski definition) is 0. The lowest BCUT2D eigenvalue weighted by atomic mass is 10.0. The molecule has 3 aromatic rings. The molecule has 0 aliphatic carbocycles. The smallest absolute Gasteiger partial charge is 0.239 e. The van der Waals surface area contributed by atoms with Crippen molar-refractivity contribution in [3.63, 3.8) is 0 Å². The van der Waals surface area contributed by atoms with Gasteiger partial charge in [-0.25, -0.2) is 9.19 Å². The fourth-order valence-electron chi connectivity index (χ4n) is 3.28. The molecule has 0 N–H and O–H groups in total. The Kier molecular flexibility index (Phi) is 3.35. The molecule has 4 rings (SSSR count). The summed E-state index contributed by atoms with van der Waals surface area (Å²) in [6.07, 6.45) is 2.40. The number of benzene rings is 1. The second-order valence-electron chi connectivity index (χ2n) is 5.78. The van der Waals surface area contributed by atoms with Gasteiger partial charge in [-0.05, 0) is 25.5 Å². The van der Waals surface area contributed by atoms with Crippen LogP contribution in [0, 0.1) is 13.8 Å². The van der Waals surface area contributed by atoms with Gasteiger partial charge in [-0.2, -0.15) is 4.73 Å². The van der Waals surface area contributed by atoms with Crippen LogP contribution in [0.15, 0.2) is 28.4 Å². The van der Waals surface area contributed by atoms with Gasteiger partial charge in [0.25, 0.3) is 0 Å². The average Bonchev–Trinajstić information content (AvgIpc) is 3.11. The molecule has 7 heteroatoms. The number of pyridine rings is 1. The minimum absolute atomic E-state index is 0.450. The molecular formula is C17H17N3O3S. The fourth-order valence-corrected chi connectivity index (χ4v) is 4.66. The van der Waals surface area contributed by atoms with E-state index in [1.54, 1.807) is 14.2 Å². The quantitative estimate of drug-likeness (QED) is 0.568. The number of aromatic nitrogens is 3. The monoisotopic (exact) mass is 343 g/mol. The van der Waals surface area contributed by atoms with Gasteiger partial charge in [0, 0.05) is 23.7 Å². The third-order valence-corrected chi connectivity index (χ3v) is 5.85. The normalized spacial score (nSPS) is 15.4. The number of nitrogens with zero attached hydrogens (tertiary/aromatic N) is 3. The molecular weight excluding hydrogens is 326 g/mol. The summed E-state index contributed by atoms with van der Waals surface area (Å²) in [5.74, 6) is 0.851. The Hall–Kier alpha value is -2.41. The summed E-state index contributed by atoms with van der Waals surface area (Å²) in [5.41, 5.74) is 5.50. The SMILES string of the molecule is COc1c(C)cnc(Cc2ccc3c4nc(n3OC)S(=O)c24)c1C. The fraction of sp³-hybridized carbons (Fsp3) is 0.294. The van der Waals surface area contributed by atoms with E-state index < -0.39 is 10.8 Å². The van der Waals surface area contributed by atoms with Gasteiger partial charge in [-0.15, -0.1) is 0 Å². The van der Waals surface area contributed by atoms with Gasteiger partial charge in [-0.1, -0.05) is 6.07 Å². The molecule has 0 saturated carbocycles. The molecule has 2 bridgehead atoms. The lowest BCUT2D eigenvalue weighted by Crippen LogP contribution is -2.14. The first-order valence-corrected chi connectivity index (χ1v) is 8.71. The van der Waals surface area contributed by atoms with Crippen LogP contribution >= 0.6 is 0 Å². The van der Waals surface area contributed by atoms with E-state index in [1.807, 2.05) is 32.2 Å². The molecule has 0 fully saturated rings. The Labute approximate surface area is 141 Å². The van der Waals surface area contributed by atoms with E-state index in [9.17, 15) is 4.21 Å². The van der Waals surface area contributed by atoms with E-state index >= 15 is 0 Å². The molecule has 0 amide bonds. The summed E-state index contributed by atoms with van der Waals surface area (Å²) in [6, 6.07) is 3.93. The molecule has 0 radical (unpaired) electrons. The lowest BCUT2D eigenvalue weighted by molar-refractivity contribution is 0.153. The summed E-state index contributed by atoms with van der Waals surface area (Å²) < 4.78 is 19.7. The van der Waals surface area contributed by atoms with E-state index in [1.165, 1.54) is 4.73 Å². The molecule has 24 heavy (non-hydrogen) atoms. The molecule has 6 nitrogen and oxygen atoms in total. The lowest BCUT2D eigenvalue weighted by Gasteiger charge is -2.15. The van der Waals surface area contributed by atoms with Gasteiger partial charge in [0.05, 0.1) is 17.7 Å². The Bertz CT molecular complexity index is 1010. The largest absolute Gasteiger partial charge is 0.496 e. The van der Waals surface area contributed by atoms with E-state index in [0.717, 1.165) is 44.1 Å². The molecule has 3 heterocycles. The van der Waals surface area contributed by atoms with Crippen molar-refractivity contribution >= 4 is 21.8 Å². The van der Waals surface area contributed by atoms with Crippen molar-refractivity contribution in [3.05, 3.63) is 40.7 Å². The maximum Gasteiger partial charge on any atom is 0.239 e. The first-order valence-electron chi connectivity index (χ1n) is 7.56. The van der Waals surface area contributed by atoms with Crippen molar-refractivity contribution in [1.29, 1.82) is 0 Å². The highest BCUT2D eigenvalue weighted by Gasteiger charge is 2.32. The van der Waals surface area contributed by atoms with Crippen molar-refractivity contribution < 1.29 is 13.8 Å². The zero-order valence-electron chi connectivity index (χ0n) is 13.9. The summed E-state index contributed by atoms with van der Waals surface area (Å²) in [4.78, 5) is 15.0. The van der Waals surface area contributed by atoms with Crippen LogP contribution in [0.1, 0.15) is 22.4 Å². The number of methoxy groups -OCH3 is 1. The predicted octanol–water partition coefficient (Wildman–Crippen LogP) is 2.19. The number of fused-ring (bicyclic) bond motifs is 1. The Balaban J connectivity index is 1.82. The van der Waals surface area contributed by atoms with Gasteiger partial charge in [0.15, 0.2) is 0 Å². The third kappa shape index (κ3) is 1.91. The van der Waals surface area contributed by atoms with Crippen molar-refractivity contribution in [1.82, 2.24) is 14.7 Å². The number of aryl methyl sites for hydroxylation is 1. The maximum atomic E-state index is 12.7. The standard InChI is InChI=1S/C17H17N3O3S/c1-9-8-18-12(10(2)15(9)22-3)7-11-5-6-13-14-16(11)24(21)17(19-14)20(13)23-4/h5-6,8H,7H2,1-4H3. The molecule has 0 saturated heterocycles. The van der Waals surface area contributed by atoms with Gasteiger partial charge in [0.2, 0.25) is 5.16 Å². The zero-order valence-corrected chi connectivity index (χ0v) is 14.7. The van der Waals surface area contributed by atoms with Gasteiger partial charge >= 0.3 is 0 Å². The van der Waals surface area contributed by atoms with Gasteiger partial charge in [0.1, 0.15) is 34.7 Å². The van der Waals surface area contributed by atoms with Crippen LogP contribution in [0.2, 0.25) is 0 Å². The Morgan fingerprint density at radius 2 is 2.04 bits per heavy atom.